The largest absolute Gasteiger partial charge is 1.00 e. The van der Waals surface area contributed by atoms with Crippen LogP contribution in [0.3, 0.4) is 0 Å². The van der Waals surface area contributed by atoms with Gasteiger partial charge in [-0.25, -0.2) is 0 Å². The van der Waals surface area contributed by atoms with Gasteiger partial charge in [0.25, 0.3) is 0 Å². The molecule has 0 aliphatic heterocycles. The molecule has 0 radical (unpaired) electrons. The summed E-state index contributed by atoms with van der Waals surface area (Å²) in [6.45, 7) is 0. The summed E-state index contributed by atoms with van der Waals surface area (Å²) in [5.41, 5.74) is 0. The minimum atomic E-state index is -5.17. The zero-order chi connectivity index (χ0) is 4.50. The van der Waals surface area contributed by atoms with Crippen molar-refractivity contribution >= 4 is 10.4 Å². The van der Waals surface area contributed by atoms with E-state index in [1.165, 1.54) is 0 Å². The first-order valence-electron chi connectivity index (χ1n) is 0.667. The fourth-order valence-corrected chi connectivity index (χ4v) is 0. The summed E-state index contributed by atoms with van der Waals surface area (Å²) < 4.78 is 34.1. The van der Waals surface area contributed by atoms with Crippen molar-refractivity contribution in [1.82, 2.24) is 0 Å². The molecule has 0 atom stereocenters. The monoisotopic (exact) mass is 136 g/mol. The third kappa shape index (κ3) is 231. The Morgan fingerprint density at radius 2 is 1.14 bits per heavy atom. The fourth-order valence-electron chi connectivity index (χ4n) is 0. The molecule has 0 bridgehead atoms. The van der Waals surface area contributed by atoms with Gasteiger partial charge in [0, 0.05) is 10.4 Å². The Bertz CT molecular complexity index is 91.2. The molecule has 0 aliphatic carbocycles. The first-order chi connectivity index (χ1) is 2.00. The van der Waals surface area contributed by atoms with Crippen LogP contribution in [0.25, 0.3) is 0 Å². The Kier molecular flexibility index (Phi) is 11.1. The number of hydrogen-bond acceptors (Lipinski definition) is 5. The van der Waals surface area contributed by atoms with Crippen LogP contribution in [0, 0.1) is 0 Å². The molecular weight excluding hydrogens is 135 g/mol. The van der Waals surface area contributed by atoms with Crippen molar-refractivity contribution in [3.05, 3.63) is 0 Å². The van der Waals surface area contributed by atoms with Gasteiger partial charge in [-0.15, -0.1) is 0 Å². The average Bonchev–Trinajstić information content (AvgIpc) is 0.722. The Hall–Kier alpha value is 0.830. The summed E-state index contributed by atoms with van der Waals surface area (Å²) in [6, 6.07) is 0. The van der Waals surface area contributed by atoms with Crippen LogP contribution >= 0.6 is 0 Å². The molecule has 0 amide bonds. The third-order valence-corrected chi connectivity index (χ3v) is 0. The molecule has 0 rings (SSSR count). The second kappa shape index (κ2) is 4.98. The van der Waals surface area contributed by atoms with Gasteiger partial charge in [-0.2, -0.15) is 0 Å². The molecule has 0 aliphatic rings. The van der Waals surface area contributed by atoms with Crippen molar-refractivity contribution in [3.63, 3.8) is 0 Å². The molecular formula is HNaO5S-2. The fraction of sp³-hybridized carbons (Fsp3) is 0. The minimum Gasteiger partial charge on any atom is -0.870 e. The molecule has 0 fully saturated rings. The maximum atomic E-state index is 8.52. The van der Waals surface area contributed by atoms with E-state index in [-0.39, 0.29) is 35.0 Å². The molecule has 5 nitrogen and oxygen atoms in total. The van der Waals surface area contributed by atoms with Crippen molar-refractivity contribution in [2.75, 3.05) is 0 Å². The Morgan fingerprint density at radius 1 is 1.14 bits per heavy atom. The van der Waals surface area contributed by atoms with Gasteiger partial charge in [-0.3, -0.25) is 8.42 Å². The van der Waals surface area contributed by atoms with E-state index in [2.05, 4.69) is 0 Å². The van der Waals surface area contributed by atoms with Crippen LogP contribution in [0.5, 0.6) is 0 Å². The van der Waals surface area contributed by atoms with E-state index in [1.54, 1.807) is 0 Å². The summed E-state index contributed by atoms with van der Waals surface area (Å²) in [6.07, 6.45) is 0. The number of hydrogen-bond donors (Lipinski definition) is 0. The van der Waals surface area contributed by atoms with Crippen molar-refractivity contribution in [2.45, 2.75) is 0 Å². The van der Waals surface area contributed by atoms with E-state index < -0.39 is 10.4 Å². The van der Waals surface area contributed by atoms with Crippen LogP contribution in [0.1, 0.15) is 0 Å². The Balaban J connectivity index is -0.0000000800. The molecule has 0 saturated heterocycles. The van der Waals surface area contributed by atoms with Gasteiger partial charge in [0.15, 0.2) is 0 Å². The molecule has 0 aromatic heterocycles. The van der Waals surface area contributed by atoms with E-state index in [0.29, 0.717) is 0 Å². The van der Waals surface area contributed by atoms with Crippen LogP contribution in [0.2, 0.25) is 0 Å². The van der Waals surface area contributed by atoms with Crippen LogP contribution in [0.15, 0.2) is 0 Å². The zero-order valence-electron chi connectivity index (χ0n) is 3.49. The summed E-state index contributed by atoms with van der Waals surface area (Å²) in [4.78, 5) is 0. The molecule has 7 heavy (non-hydrogen) atoms. The Labute approximate surface area is 62.9 Å². The molecule has 1 N–H and O–H groups in total. The van der Waals surface area contributed by atoms with Crippen LogP contribution in [-0.4, -0.2) is 23.0 Å². The van der Waals surface area contributed by atoms with Gasteiger partial charge in [0.05, 0.1) is 0 Å². The van der Waals surface area contributed by atoms with Crippen LogP contribution in [-0.2, 0) is 10.4 Å². The second-order valence-electron chi connectivity index (χ2n) is 0.408. The predicted octanol–water partition coefficient (Wildman–Crippen LogP) is -4.51. The first kappa shape index (κ1) is 15.7. The molecule has 0 saturated carbocycles. The van der Waals surface area contributed by atoms with Crippen molar-refractivity contribution in [2.24, 2.45) is 0 Å². The van der Waals surface area contributed by atoms with Crippen molar-refractivity contribution in [1.29, 1.82) is 0 Å². The second-order valence-corrected chi connectivity index (χ2v) is 1.22. The van der Waals surface area contributed by atoms with E-state index in [9.17, 15) is 0 Å². The average molecular weight is 136 g/mol. The van der Waals surface area contributed by atoms with E-state index in [0.717, 1.165) is 0 Å². The number of rotatable bonds is 0. The van der Waals surface area contributed by atoms with Crippen LogP contribution in [0.4, 0.5) is 0 Å². The Morgan fingerprint density at radius 3 is 1.14 bits per heavy atom. The SMILES string of the molecule is O=S(=O)([O-])[O-].[Na+].[OH-]. The summed E-state index contributed by atoms with van der Waals surface area (Å²) >= 11 is 0. The van der Waals surface area contributed by atoms with Gasteiger partial charge in [0.2, 0.25) is 0 Å². The first-order valence-corrected chi connectivity index (χ1v) is 2.00. The normalized spacial score (nSPS) is 8.29. The summed E-state index contributed by atoms with van der Waals surface area (Å²) in [5.74, 6) is 0. The summed E-state index contributed by atoms with van der Waals surface area (Å²) in [7, 11) is -5.17. The molecule has 0 heterocycles. The zero-order valence-corrected chi connectivity index (χ0v) is 6.30. The molecule has 0 aromatic carbocycles. The maximum absolute atomic E-state index is 8.52. The van der Waals surface area contributed by atoms with Crippen molar-refractivity contribution in [3.8, 4) is 0 Å². The van der Waals surface area contributed by atoms with E-state index >= 15 is 0 Å². The van der Waals surface area contributed by atoms with Crippen molar-refractivity contribution < 1.29 is 52.6 Å². The predicted molar refractivity (Wildman–Crippen MR) is 12.4 cm³/mol. The molecule has 7 heteroatoms. The third-order valence-electron chi connectivity index (χ3n) is 0. The van der Waals surface area contributed by atoms with E-state index in [4.69, 9.17) is 17.5 Å². The van der Waals surface area contributed by atoms with E-state index in [1.807, 2.05) is 0 Å². The standard InChI is InChI=1S/Na.H2O4S.H2O/c;1-5(2,3)4;/h;(H2,1,2,3,4);1H2/q+1;;/p-3. The molecule has 40 valence electrons. The van der Waals surface area contributed by atoms with Gasteiger partial charge >= 0.3 is 29.6 Å². The van der Waals surface area contributed by atoms with Gasteiger partial charge < -0.3 is 14.6 Å². The smallest absolute Gasteiger partial charge is 0.870 e. The van der Waals surface area contributed by atoms with Gasteiger partial charge in [-0.05, 0) is 0 Å². The van der Waals surface area contributed by atoms with Gasteiger partial charge in [0.1, 0.15) is 0 Å². The van der Waals surface area contributed by atoms with Crippen LogP contribution < -0.4 is 29.6 Å². The maximum Gasteiger partial charge on any atom is 1.00 e. The topological polar surface area (TPSA) is 110 Å². The molecule has 0 aromatic rings. The van der Waals surface area contributed by atoms with Gasteiger partial charge in [-0.1, -0.05) is 0 Å². The summed E-state index contributed by atoms with van der Waals surface area (Å²) in [5, 5.41) is 0. The quantitative estimate of drug-likeness (QED) is 0.189. The molecule has 0 unspecified atom stereocenters. The minimum absolute atomic E-state index is 0. The molecule has 0 spiro atoms.